The summed E-state index contributed by atoms with van der Waals surface area (Å²) in [6.07, 6.45) is 4.86. The summed E-state index contributed by atoms with van der Waals surface area (Å²) in [6.45, 7) is 9.83. The lowest BCUT2D eigenvalue weighted by Gasteiger charge is -2.39. The predicted octanol–water partition coefficient (Wildman–Crippen LogP) is 4.68. The minimum Gasteiger partial charge on any atom is -0.373 e. The highest BCUT2D eigenvalue weighted by Crippen LogP contribution is 2.38. The van der Waals surface area contributed by atoms with Crippen molar-refractivity contribution in [1.29, 1.82) is 0 Å². The Morgan fingerprint density at radius 3 is 2.50 bits per heavy atom. The van der Waals surface area contributed by atoms with Gasteiger partial charge < -0.3 is 9.64 Å². The van der Waals surface area contributed by atoms with E-state index in [9.17, 15) is 0 Å². The maximum atomic E-state index is 5.90. The SMILES string of the molecule is CC1CN(CC2CCN(c3ncnc4scc(-c5ccccc5)c34)CC2)CC(C)O1. The van der Waals surface area contributed by atoms with Crippen molar-refractivity contribution in [3.8, 4) is 11.1 Å². The number of morpholine rings is 1. The van der Waals surface area contributed by atoms with Crippen LogP contribution in [0.5, 0.6) is 0 Å². The lowest BCUT2D eigenvalue weighted by molar-refractivity contribution is -0.0720. The Hall–Kier alpha value is -2.02. The van der Waals surface area contributed by atoms with Crippen molar-refractivity contribution < 1.29 is 4.74 Å². The molecule has 2 fully saturated rings. The van der Waals surface area contributed by atoms with Crippen LogP contribution in [0, 0.1) is 5.92 Å². The zero-order chi connectivity index (χ0) is 20.5. The molecule has 0 amide bonds. The standard InChI is InChI=1S/C24H30N4OS/c1-17-12-27(13-18(2)29-17)14-19-8-10-28(11-9-19)23-22-21(20-6-4-3-5-7-20)15-30-24(22)26-16-25-23/h3-7,15-19H,8-14H2,1-2H3. The van der Waals surface area contributed by atoms with E-state index in [0.29, 0.717) is 12.2 Å². The summed E-state index contributed by atoms with van der Waals surface area (Å²) >= 11 is 1.71. The average molecular weight is 423 g/mol. The molecule has 2 saturated heterocycles. The number of piperidine rings is 1. The van der Waals surface area contributed by atoms with Gasteiger partial charge >= 0.3 is 0 Å². The van der Waals surface area contributed by atoms with Gasteiger partial charge in [-0.05, 0) is 38.2 Å². The number of nitrogens with zero attached hydrogens (tertiary/aromatic N) is 4. The van der Waals surface area contributed by atoms with Crippen LogP contribution in [0.3, 0.4) is 0 Å². The molecule has 0 N–H and O–H groups in total. The first-order valence-corrected chi connectivity index (χ1v) is 12.0. The normalized spacial score (nSPS) is 23.9. The number of fused-ring (bicyclic) bond motifs is 1. The first kappa shape index (κ1) is 19.9. The molecule has 0 saturated carbocycles. The van der Waals surface area contributed by atoms with Gasteiger partial charge in [0, 0.05) is 43.7 Å². The van der Waals surface area contributed by atoms with Crippen LogP contribution in [-0.2, 0) is 4.74 Å². The summed E-state index contributed by atoms with van der Waals surface area (Å²) in [5.74, 6) is 1.86. The maximum absolute atomic E-state index is 5.90. The van der Waals surface area contributed by atoms with E-state index in [4.69, 9.17) is 9.72 Å². The topological polar surface area (TPSA) is 41.5 Å². The van der Waals surface area contributed by atoms with Crippen molar-refractivity contribution in [2.75, 3.05) is 37.6 Å². The van der Waals surface area contributed by atoms with Crippen LogP contribution < -0.4 is 4.90 Å². The summed E-state index contributed by atoms with van der Waals surface area (Å²) in [5, 5.41) is 3.44. The Labute approximate surface area is 182 Å². The number of anilines is 1. The third kappa shape index (κ3) is 4.09. The Balaban J connectivity index is 1.31. The van der Waals surface area contributed by atoms with Gasteiger partial charge in [-0.3, -0.25) is 4.90 Å². The predicted molar refractivity (Wildman–Crippen MR) is 124 cm³/mol. The molecule has 2 aromatic heterocycles. The second kappa shape index (κ2) is 8.61. The lowest BCUT2D eigenvalue weighted by atomic mass is 9.95. The molecule has 30 heavy (non-hydrogen) atoms. The number of aromatic nitrogens is 2. The molecule has 5 nitrogen and oxygen atoms in total. The van der Waals surface area contributed by atoms with Crippen molar-refractivity contribution in [2.24, 2.45) is 5.92 Å². The van der Waals surface area contributed by atoms with E-state index < -0.39 is 0 Å². The van der Waals surface area contributed by atoms with E-state index in [1.54, 1.807) is 17.7 Å². The van der Waals surface area contributed by atoms with Gasteiger partial charge in [-0.25, -0.2) is 9.97 Å². The third-order valence-electron chi connectivity index (χ3n) is 6.36. The molecule has 5 rings (SSSR count). The van der Waals surface area contributed by atoms with Gasteiger partial charge in [0.2, 0.25) is 0 Å². The summed E-state index contributed by atoms with van der Waals surface area (Å²) in [6, 6.07) is 10.6. The van der Waals surface area contributed by atoms with E-state index in [-0.39, 0.29) is 0 Å². The first-order valence-electron chi connectivity index (χ1n) is 11.1. The van der Waals surface area contributed by atoms with Crippen LogP contribution in [0.15, 0.2) is 42.0 Å². The van der Waals surface area contributed by atoms with Crippen molar-refractivity contribution in [3.05, 3.63) is 42.0 Å². The fraction of sp³-hybridized carbons (Fsp3) is 0.500. The van der Waals surface area contributed by atoms with Crippen molar-refractivity contribution in [3.63, 3.8) is 0 Å². The quantitative estimate of drug-likeness (QED) is 0.610. The zero-order valence-electron chi connectivity index (χ0n) is 17.8. The maximum Gasteiger partial charge on any atom is 0.141 e. The smallest absolute Gasteiger partial charge is 0.141 e. The molecule has 0 bridgehead atoms. The van der Waals surface area contributed by atoms with E-state index in [2.05, 4.69) is 64.3 Å². The number of ether oxygens (including phenoxy) is 1. The van der Waals surface area contributed by atoms with E-state index in [0.717, 1.165) is 42.7 Å². The summed E-state index contributed by atoms with van der Waals surface area (Å²) in [7, 11) is 0. The largest absolute Gasteiger partial charge is 0.373 e. The summed E-state index contributed by atoms with van der Waals surface area (Å²) < 4.78 is 5.90. The number of benzene rings is 1. The van der Waals surface area contributed by atoms with Gasteiger partial charge in [-0.2, -0.15) is 0 Å². The molecule has 3 aromatic rings. The van der Waals surface area contributed by atoms with Crippen molar-refractivity contribution in [2.45, 2.75) is 38.9 Å². The Morgan fingerprint density at radius 1 is 1.03 bits per heavy atom. The Morgan fingerprint density at radius 2 is 1.77 bits per heavy atom. The molecule has 6 heteroatoms. The molecule has 1 aromatic carbocycles. The fourth-order valence-electron chi connectivity index (χ4n) is 5.06. The highest BCUT2D eigenvalue weighted by molar-refractivity contribution is 7.17. The molecule has 158 valence electrons. The zero-order valence-corrected chi connectivity index (χ0v) is 18.6. The minimum atomic E-state index is 0.346. The molecule has 0 radical (unpaired) electrons. The van der Waals surface area contributed by atoms with Gasteiger partial charge in [-0.15, -0.1) is 11.3 Å². The van der Waals surface area contributed by atoms with Gasteiger partial charge in [-0.1, -0.05) is 30.3 Å². The second-order valence-electron chi connectivity index (χ2n) is 8.80. The molecular weight excluding hydrogens is 392 g/mol. The van der Waals surface area contributed by atoms with Crippen LogP contribution in [0.25, 0.3) is 21.3 Å². The number of rotatable bonds is 4. The first-order chi connectivity index (χ1) is 14.7. The van der Waals surface area contributed by atoms with Crippen LogP contribution in [-0.4, -0.2) is 59.8 Å². The molecule has 0 aliphatic carbocycles. The van der Waals surface area contributed by atoms with E-state index in [1.807, 2.05) is 0 Å². The highest BCUT2D eigenvalue weighted by Gasteiger charge is 2.28. The molecule has 4 heterocycles. The van der Waals surface area contributed by atoms with Crippen LogP contribution in [0.1, 0.15) is 26.7 Å². The molecule has 2 aliphatic heterocycles. The Bertz CT molecular complexity index is 973. The third-order valence-corrected chi connectivity index (χ3v) is 7.25. The number of hydrogen-bond acceptors (Lipinski definition) is 6. The van der Waals surface area contributed by atoms with Crippen LogP contribution >= 0.6 is 11.3 Å². The van der Waals surface area contributed by atoms with Gasteiger partial charge in [0.15, 0.2) is 0 Å². The van der Waals surface area contributed by atoms with E-state index in [1.165, 1.54) is 35.9 Å². The lowest BCUT2D eigenvalue weighted by Crippen LogP contribution is -2.48. The van der Waals surface area contributed by atoms with Gasteiger partial charge in [0.1, 0.15) is 17.0 Å². The molecule has 2 atom stereocenters. The van der Waals surface area contributed by atoms with Crippen LogP contribution in [0.4, 0.5) is 5.82 Å². The van der Waals surface area contributed by atoms with Gasteiger partial charge in [0.25, 0.3) is 0 Å². The number of hydrogen-bond donors (Lipinski definition) is 0. The van der Waals surface area contributed by atoms with Crippen LogP contribution in [0.2, 0.25) is 0 Å². The monoisotopic (exact) mass is 422 g/mol. The average Bonchev–Trinajstić information content (AvgIpc) is 3.19. The molecule has 2 unspecified atom stereocenters. The molecule has 0 spiro atoms. The number of thiophene rings is 1. The fourth-order valence-corrected chi connectivity index (χ4v) is 5.97. The minimum absolute atomic E-state index is 0.346. The van der Waals surface area contributed by atoms with Crippen molar-refractivity contribution >= 4 is 27.4 Å². The van der Waals surface area contributed by atoms with E-state index >= 15 is 0 Å². The van der Waals surface area contributed by atoms with Crippen molar-refractivity contribution in [1.82, 2.24) is 14.9 Å². The second-order valence-corrected chi connectivity index (χ2v) is 9.66. The molecular formula is C24H30N4OS. The Kier molecular flexibility index (Phi) is 5.72. The molecule has 2 aliphatic rings. The summed E-state index contributed by atoms with van der Waals surface area (Å²) in [5.41, 5.74) is 2.50. The summed E-state index contributed by atoms with van der Waals surface area (Å²) in [4.78, 5) is 15.5. The highest BCUT2D eigenvalue weighted by atomic mass is 32.1. The van der Waals surface area contributed by atoms with Gasteiger partial charge in [0.05, 0.1) is 17.6 Å².